The first-order chi connectivity index (χ1) is 10.2. The van der Waals surface area contributed by atoms with Gasteiger partial charge in [0.15, 0.2) is 6.10 Å². The van der Waals surface area contributed by atoms with Gasteiger partial charge in [0.1, 0.15) is 44.9 Å². The molecule has 0 amide bonds. The monoisotopic (exact) mass is 346 g/mol. The molecule has 22 heavy (non-hydrogen) atoms. The van der Waals surface area contributed by atoms with E-state index in [0.717, 1.165) is 12.5 Å². The van der Waals surface area contributed by atoms with E-state index in [1.54, 1.807) is 0 Å². The molecule has 2 unspecified atom stereocenters. The summed E-state index contributed by atoms with van der Waals surface area (Å²) in [5.74, 6) is 0. The molecule has 0 aromatic carbocycles. The van der Waals surface area contributed by atoms with E-state index in [4.69, 9.17) is 18.5 Å². The number of likely N-dealkylation sites (N-methyl/N-ethyl adjacent to an activating group) is 1. The standard InChI is InChI=1S/C12H22F2NO6P/c1-15(2,3)6-9-20-22(16,17)21-11-12(19-8-5-14)10-18-7-4-13/h4-5,7-8,12H,6,9-11H2,1-3H3/p+1. The lowest BCUT2D eigenvalue weighted by atomic mass is 10.4. The Labute approximate surface area is 128 Å². The van der Waals surface area contributed by atoms with E-state index in [1.807, 2.05) is 21.1 Å². The minimum absolute atomic E-state index is 0.0221. The molecule has 7 nitrogen and oxygen atoms in total. The smallest absolute Gasteiger partial charge is 0.472 e. The lowest BCUT2D eigenvalue weighted by Crippen LogP contribution is -2.37. The Morgan fingerprint density at radius 3 is 2.32 bits per heavy atom. The van der Waals surface area contributed by atoms with Crippen molar-refractivity contribution >= 4 is 7.82 Å². The molecule has 0 aliphatic carbocycles. The van der Waals surface area contributed by atoms with E-state index in [9.17, 15) is 18.2 Å². The molecular formula is C12H23F2NO6P+. The Bertz CT molecular complexity index is 400. The fraction of sp³-hybridized carbons (Fsp3) is 0.667. The number of nitrogens with zero attached hydrogens (tertiary/aromatic N) is 1. The molecule has 0 aliphatic rings. The van der Waals surface area contributed by atoms with E-state index in [-0.39, 0.29) is 25.9 Å². The molecular weight excluding hydrogens is 323 g/mol. The largest absolute Gasteiger partial charge is 0.495 e. The summed E-state index contributed by atoms with van der Waals surface area (Å²) in [6.07, 6.45) is 0.857. The molecule has 0 aromatic heterocycles. The van der Waals surface area contributed by atoms with Crippen molar-refractivity contribution in [3.05, 3.63) is 25.2 Å². The van der Waals surface area contributed by atoms with E-state index in [2.05, 4.69) is 0 Å². The van der Waals surface area contributed by atoms with Crippen molar-refractivity contribution in [3.63, 3.8) is 0 Å². The number of quaternary nitrogens is 1. The highest BCUT2D eigenvalue weighted by atomic mass is 31.2. The summed E-state index contributed by atoms with van der Waals surface area (Å²) in [7, 11) is 1.44. The first kappa shape index (κ1) is 21.0. The molecule has 0 heterocycles. The first-order valence-electron chi connectivity index (χ1n) is 6.40. The summed E-state index contributed by atoms with van der Waals surface area (Å²) in [6.45, 7) is -0.0800. The Morgan fingerprint density at radius 2 is 1.77 bits per heavy atom. The third kappa shape index (κ3) is 12.7. The molecule has 10 heteroatoms. The van der Waals surface area contributed by atoms with Gasteiger partial charge in [-0.1, -0.05) is 0 Å². The maximum absolute atomic E-state index is 11.9. The molecule has 0 saturated heterocycles. The van der Waals surface area contributed by atoms with Gasteiger partial charge in [-0.05, 0) is 0 Å². The highest BCUT2D eigenvalue weighted by Crippen LogP contribution is 2.43. The van der Waals surface area contributed by atoms with Crippen LogP contribution in [0.15, 0.2) is 25.2 Å². The van der Waals surface area contributed by atoms with E-state index in [1.165, 1.54) is 0 Å². The molecule has 0 radical (unpaired) electrons. The van der Waals surface area contributed by atoms with Crippen molar-refractivity contribution in [2.24, 2.45) is 0 Å². The maximum Gasteiger partial charge on any atom is 0.472 e. The van der Waals surface area contributed by atoms with Crippen molar-refractivity contribution in [2.45, 2.75) is 6.10 Å². The van der Waals surface area contributed by atoms with Crippen LogP contribution in [-0.2, 0) is 23.1 Å². The number of phosphoric acid groups is 1. The third-order valence-corrected chi connectivity index (χ3v) is 3.18. The van der Waals surface area contributed by atoms with Crippen molar-refractivity contribution in [3.8, 4) is 0 Å². The summed E-state index contributed by atoms with van der Waals surface area (Å²) in [5.41, 5.74) is 0. The second-order valence-corrected chi connectivity index (χ2v) is 6.68. The van der Waals surface area contributed by atoms with Crippen molar-refractivity contribution in [1.29, 1.82) is 0 Å². The zero-order valence-corrected chi connectivity index (χ0v) is 13.7. The average molecular weight is 346 g/mol. The van der Waals surface area contributed by atoms with Gasteiger partial charge >= 0.3 is 7.82 Å². The van der Waals surface area contributed by atoms with Gasteiger partial charge in [-0.3, -0.25) is 9.05 Å². The SMILES string of the molecule is C[N+](C)(C)CCOP(=O)(O)OCC(COC=CF)OC=CF. The fourth-order valence-electron chi connectivity index (χ4n) is 1.11. The second-order valence-electron chi connectivity index (χ2n) is 5.23. The van der Waals surface area contributed by atoms with Gasteiger partial charge < -0.3 is 18.9 Å². The minimum Gasteiger partial charge on any atom is -0.495 e. The molecule has 0 spiro atoms. The summed E-state index contributed by atoms with van der Waals surface area (Å²) in [4.78, 5) is 9.50. The first-order valence-corrected chi connectivity index (χ1v) is 7.89. The average Bonchev–Trinajstić information content (AvgIpc) is 2.39. The van der Waals surface area contributed by atoms with Crippen LogP contribution in [0.5, 0.6) is 0 Å². The summed E-state index contributed by atoms with van der Waals surface area (Å²) in [5, 5.41) is 0. The van der Waals surface area contributed by atoms with Crippen LogP contribution >= 0.6 is 7.82 Å². The Balaban J connectivity index is 4.26. The van der Waals surface area contributed by atoms with E-state index >= 15 is 0 Å². The number of hydrogen-bond donors (Lipinski definition) is 1. The molecule has 0 aliphatic heterocycles. The van der Waals surface area contributed by atoms with Crippen LogP contribution in [0.2, 0.25) is 0 Å². The molecule has 0 saturated carbocycles. The van der Waals surface area contributed by atoms with Crippen molar-refractivity contribution in [1.82, 2.24) is 0 Å². The highest BCUT2D eigenvalue weighted by molar-refractivity contribution is 7.47. The molecule has 0 rings (SSSR count). The lowest BCUT2D eigenvalue weighted by Gasteiger charge is -2.24. The highest BCUT2D eigenvalue weighted by Gasteiger charge is 2.25. The van der Waals surface area contributed by atoms with Gasteiger partial charge in [0.05, 0.1) is 27.7 Å². The van der Waals surface area contributed by atoms with Gasteiger partial charge in [0.2, 0.25) is 0 Å². The Morgan fingerprint density at radius 1 is 1.14 bits per heavy atom. The fourth-order valence-corrected chi connectivity index (χ4v) is 1.85. The minimum atomic E-state index is -4.26. The zero-order chi connectivity index (χ0) is 17.1. The van der Waals surface area contributed by atoms with E-state index in [0.29, 0.717) is 11.0 Å². The number of hydrogen-bond acceptors (Lipinski definition) is 5. The molecule has 130 valence electrons. The summed E-state index contributed by atoms with van der Waals surface area (Å²) < 4.78 is 54.9. The lowest BCUT2D eigenvalue weighted by molar-refractivity contribution is -0.870. The molecule has 0 aromatic rings. The van der Waals surface area contributed by atoms with E-state index < -0.39 is 20.5 Å². The predicted octanol–water partition coefficient (Wildman–Crippen LogP) is 2.11. The second kappa shape index (κ2) is 10.7. The van der Waals surface area contributed by atoms with Crippen LogP contribution in [0.3, 0.4) is 0 Å². The number of ether oxygens (including phenoxy) is 2. The van der Waals surface area contributed by atoms with Crippen LogP contribution < -0.4 is 0 Å². The van der Waals surface area contributed by atoms with Crippen LogP contribution in [0.4, 0.5) is 8.78 Å². The molecule has 1 N–H and O–H groups in total. The number of halogens is 2. The summed E-state index contributed by atoms with van der Waals surface area (Å²) >= 11 is 0. The topological polar surface area (TPSA) is 74.2 Å². The van der Waals surface area contributed by atoms with Crippen LogP contribution in [0.25, 0.3) is 0 Å². The van der Waals surface area contributed by atoms with Crippen molar-refractivity contribution in [2.75, 3.05) is 47.5 Å². The van der Waals surface area contributed by atoms with Gasteiger partial charge in [-0.25, -0.2) is 13.3 Å². The predicted molar refractivity (Wildman–Crippen MR) is 75.9 cm³/mol. The van der Waals surface area contributed by atoms with Gasteiger partial charge in [0.25, 0.3) is 0 Å². The maximum atomic E-state index is 11.9. The Hall–Kier alpha value is -0.990. The van der Waals surface area contributed by atoms with Gasteiger partial charge in [-0.2, -0.15) is 0 Å². The van der Waals surface area contributed by atoms with Crippen LogP contribution in [0, 0.1) is 0 Å². The number of rotatable bonds is 12. The molecule has 0 fully saturated rings. The van der Waals surface area contributed by atoms with Crippen molar-refractivity contribution < 1.29 is 41.2 Å². The van der Waals surface area contributed by atoms with Gasteiger partial charge in [0, 0.05) is 0 Å². The van der Waals surface area contributed by atoms with Crippen LogP contribution in [-0.4, -0.2) is 63.0 Å². The summed E-state index contributed by atoms with van der Waals surface area (Å²) in [6, 6.07) is 0. The third-order valence-electron chi connectivity index (χ3n) is 2.19. The normalized spacial score (nSPS) is 16.8. The molecule has 2 atom stereocenters. The Kier molecular flexibility index (Phi) is 10.2. The molecule has 0 bridgehead atoms. The van der Waals surface area contributed by atoms with Crippen LogP contribution in [0.1, 0.15) is 0 Å². The zero-order valence-electron chi connectivity index (χ0n) is 12.9. The number of phosphoric ester groups is 1. The quantitative estimate of drug-likeness (QED) is 0.331. The van der Waals surface area contributed by atoms with Gasteiger partial charge in [-0.15, -0.1) is 0 Å².